The third-order valence-electron chi connectivity index (χ3n) is 5.68. The molecule has 0 aliphatic carbocycles. The van der Waals surface area contributed by atoms with Crippen LogP contribution < -0.4 is 14.9 Å². The summed E-state index contributed by atoms with van der Waals surface area (Å²) in [7, 11) is -1.92. The van der Waals surface area contributed by atoms with Gasteiger partial charge in [0.15, 0.2) is 0 Å². The molecule has 2 aromatic heterocycles. The van der Waals surface area contributed by atoms with Crippen molar-refractivity contribution in [2.45, 2.75) is 31.7 Å². The van der Waals surface area contributed by atoms with Gasteiger partial charge in [-0.15, -0.1) is 0 Å². The van der Waals surface area contributed by atoms with Gasteiger partial charge in [-0.1, -0.05) is 12.1 Å². The lowest BCUT2D eigenvalue weighted by Crippen LogP contribution is -2.49. The fourth-order valence-electron chi connectivity index (χ4n) is 3.85. The van der Waals surface area contributed by atoms with Crippen molar-refractivity contribution in [3.05, 3.63) is 54.0 Å². The van der Waals surface area contributed by atoms with Gasteiger partial charge < -0.3 is 10.2 Å². The van der Waals surface area contributed by atoms with Crippen LogP contribution in [-0.2, 0) is 17.1 Å². The van der Waals surface area contributed by atoms with Gasteiger partial charge in [0.2, 0.25) is 0 Å². The minimum Gasteiger partial charge on any atom is -0.354 e. The van der Waals surface area contributed by atoms with Crippen LogP contribution in [0, 0.1) is 13.8 Å². The smallest absolute Gasteiger partial charge is 0.262 e. The quantitative estimate of drug-likeness (QED) is 0.634. The van der Waals surface area contributed by atoms with Crippen LogP contribution >= 0.6 is 0 Å². The van der Waals surface area contributed by atoms with Crippen molar-refractivity contribution in [2.24, 2.45) is 7.05 Å². The highest BCUT2D eigenvalue weighted by Crippen LogP contribution is 2.27. The van der Waals surface area contributed by atoms with E-state index in [9.17, 15) is 8.42 Å². The van der Waals surface area contributed by atoms with Crippen LogP contribution in [0.4, 0.5) is 11.5 Å². The van der Waals surface area contributed by atoms with Crippen LogP contribution in [-0.4, -0.2) is 48.9 Å². The zero-order valence-electron chi connectivity index (χ0n) is 18.3. The second kappa shape index (κ2) is 8.32. The molecule has 8 nitrogen and oxygen atoms in total. The molecule has 1 saturated heterocycles. The van der Waals surface area contributed by atoms with E-state index in [4.69, 9.17) is 0 Å². The molecule has 1 aromatic carbocycles. The average molecular weight is 441 g/mol. The average Bonchev–Trinajstić information content (AvgIpc) is 2.99. The van der Waals surface area contributed by atoms with Crippen LogP contribution in [0.1, 0.15) is 18.3 Å². The van der Waals surface area contributed by atoms with Gasteiger partial charge in [0.1, 0.15) is 5.82 Å². The second-order valence-corrected chi connectivity index (χ2v) is 9.69. The summed E-state index contributed by atoms with van der Waals surface area (Å²) in [4.78, 5) is 7.01. The maximum Gasteiger partial charge on any atom is 0.262 e. The fourth-order valence-corrected chi connectivity index (χ4v) is 5.03. The Morgan fingerprint density at radius 1 is 1.13 bits per heavy atom. The number of pyridine rings is 1. The monoisotopic (exact) mass is 440 g/mol. The third kappa shape index (κ3) is 4.42. The fraction of sp³-hybridized carbons (Fsp3) is 0.364. The Morgan fingerprint density at radius 3 is 2.52 bits per heavy atom. The van der Waals surface area contributed by atoms with E-state index in [0.29, 0.717) is 17.4 Å². The molecule has 0 bridgehead atoms. The molecule has 9 heteroatoms. The molecule has 0 amide bonds. The van der Waals surface area contributed by atoms with Crippen molar-refractivity contribution in [1.29, 1.82) is 0 Å². The molecule has 0 radical (unpaired) electrons. The van der Waals surface area contributed by atoms with E-state index in [1.54, 1.807) is 37.0 Å². The second-order valence-electron chi connectivity index (χ2n) is 8.00. The Labute approximate surface area is 183 Å². The van der Waals surface area contributed by atoms with Gasteiger partial charge in [-0.2, -0.15) is 5.10 Å². The molecular weight excluding hydrogens is 412 g/mol. The zero-order chi connectivity index (χ0) is 22.2. The van der Waals surface area contributed by atoms with E-state index < -0.39 is 10.0 Å². The number of hydrogen-bond acceptors (Lipinski definition) is 6. The van der Waals surface area contributed by atoms with Crippen LogP contribution in [0.25, 0.3) is 11.1 Å². The van der Waals surface area contributed by atoms with Crippen molar-refractivity contribution in [3.8, 4) is 11.1 Å². The van der Waals surface area contributed by atoms with Crippen molar-refractivity contribution in [2.75, 3.05) is 29.3 Å². The van der Waals surface area contributed by atoms with Gasteiger partial charge in [-0.3, -0.25) is 9.40 Å². The largest absolute Gasteiger partial charge is 0.354 e. The summed E-state index contributed by atoms with van der Waals surface area (Å²) in [5, 5.41) is 7.71. The molecule has 1 aliphatic rings. The Hall–Kier alpha value is -2.91. The summed E-state index contributed by atoms with van der Waals surface area (Å²) in [5.74, 6) is 0.937. The van der Waals surface area contributed by atoms with E-state index in [2.05, 4.69) is 38.0 Å². The highest BCUT2D eigenvalue weighted by atomic mass is 32.2. The van der Waals surface area contributed by atoms with Gasteiger partial charge in [0.25, 0.3) is 10.0 Å². The van der Waals surface area contributed by atoms with E-state index >= 15 is 0 Å². The molecule has 0 spiro atoms. The molecule has 3 heterocycles. The number of rotatable bonds is 5. The van der Waals surface area contributed by atoms with E-state index in [1.807, 2.05) is 25.1 Å². The predicted molar refractivity (Wildman–Crippen MR) is 123 cm³/mol. The summed E-state index contributed by atoms with van der Waals surface area (Å²) in [6.07, 6.45) is 1.80. The van der Waals surface area contributed by atoms with Crippen LogP contribution in [0.5, 0.6) is 0 Å². The number of aromatic nitrogens is 3. The minimum absolute atomic E-state index is 0.212. The Morgan fingerprint density at radius 2 is 1.87 bits per heavy atom. The number of aryl methyl sites for hydroxylation is 2. The van der Waals surface area contributed by atoms with Crippen molar-refractivity contribution in [1.82, 2.24) is 20.1 Å². The van der Waals surface area contributed by atoms with Crippen molar-refractivity contribution in [3.63, 3.8) is 0 Å². The lowest BCUT2D eigenvalue weighted by atomic mass is 10.1. The summed E-state index contributed by atoms with van der Waals surface area (Å²) in [6, 6.07) is 11.3. The molecule has 0 saturated carbocycles. The highest BCUT2D eigenvalue weighted by Gasteiger charge is 2.20. The number of benzene rings is 1. The number of hydrogen-bond donors (Lipinski definition) is 2. The van der Waals surface area contributed by atoms with Gasteiger partial charge >= 0.3 is 0 Å². The normalized spacial score (nSPS) is 17.0. The first-order chi connectivity index (χ1) is 14.7. The summed E-state index contributed by atoms with van der Waals surface area (Å²) in [6.45, 7) is 8.54. The molecule has 1 unspecified atom stereocenters. The highest BCUT2D eigenvalue weighted by molar-refractivity contribution is 7.92. The van der Waals surface area contributed by atoms with Gasteiger partial charge in [-0.25, -0.2) is 13.4 Å². The van der Waals surface area contributed by atoms with Gasteiger partial charge in [0.05, 0.1) is 22.0 Å². The standard InChI is InChI=1S/C22H28N6O2S/c1-15-14-28(12-11-23-15)21-13-19(9-10-24-21)18-5-7-20(8-6-18)31(29,30)26-22-16(2)25-27(4)17(22)3/h5-10,13,15,23,26H,11-12,14H2,1-4H3. The molecule has 4 rings (SSSR count). The summed E-state index contributed by atoms with van der Waals surface area (Å²) < 4.78 is 30.1. The van der Waals surface area contributed by atoms with Crippen LogP contribution in [0.3, 0.4) is 0 Å². The molecular formula is C22H28N6O2S. The number of nitrogens with zero attached hydrogens (tertiary/aromatic N) is 4. The lowest BCUT2D eigenvalue weighted by molar-refractivity contribution is 0.482. The topological polar surface area (TPSA) is 92.1 Å². The number of nitrogens with one attached hydrogen (secondary N) is 2. The van der Waals surface area contributed by atoms with E-state index in [-0.39, 0.29) is 4.90 Å². The number of sulfonamides is 1. The first kappa shape index (κ1) is 21.3. The van der Waals surface area contributed by atoms with Crippen LogP contribution in [0.2, 0.25) is 0 Å². The molecule has 1 fully saturated rings. The molecule has 31 heavy (non-hydrogen) atoms. The summed E-state index contributed by atoms with van der Waals surface area (Å²) >= 11 is 0. The van der Waals surface area contributed by atoms with Crippen LogP contribution in [0.15, 0.2) is 47.5 Å². The lowest BCUT2D eigenvalue weighted by Gasteiger charge is -2.32. The molecule has 3 aromatic rings. The molecule has 164 valence electrons. The molecule has 1 atom stereocenters. The molecule has 2 N–H and O–H groups in total. The maximum atomic E-state index is 12.9. The Balaban J connectivity index is 1.56. The van der Waals surface area contributed by atoms with Crippen molar-refractivity contribution < 1.29 is 8.42 Å². The predicted octanol–water partition coefficient (Wildman–Crippen LogP) is 2.70. The van der Waals surface area contributed by atoms with Crippen molar-refractivity contribution >= 4 is 21.5 Å². The van der Waals surface area contributed by atoms with Gasteiger partial charge in [0, 0.05) is 38.9 Å². The maximum absolute atomic E-state index is 12.9. The Bertz CT molecular complexity index is 1190. The SMILES string of the molecule is Cc1nn(C)c(C)c1NS(=O)(=O)c1ccc(-c2ccnc(N3CCNC(C)C3)c2)cc1. The first-order valence-corrected chi connectivity index (χ1v) is 11.8. The third-order valence-corrected chi connectivity index (χ3v) is 7.05. The van der Waals surface area contributed by atoms with Gasteiger partial charge in [-0.05, 0) is 56.2 Å². The zero-order valence-corrected chi connectivity index (χ0v) is 19.1. The van der Waals surface area contributed by atoms with E-state index in [1.165, 1.54) is 0 Å². The number of piperazine rings is 1. The minimum atomic E-state index is -3.71. The molecule has 1 aliphatic heterocycles. The Kier molecular flexibility index (Phi) is 5.72. The van der Waals surface area contributed by atoms with E-state index in [0.717, 1.165) is 42.3 Å². The summed E-state index contributed by atoms with van der Waals surface area (Å²) in [5.41, 5.74) is 3.89. The number of anilines is 2. The first-order valence-electron chi connectivity index (χ1n) is 10.3.